The summed E-state index contributed by atoms with van der Waals surface area (Å²) < 4.78 is 28.0. The summed E-state index contributed by atoms with van der Waals surface area (Å²) in [4.78, 5) is 0.254. The van der Waals surface area contributed by atoms with E-state index < -0.39 is 10.0 Å². The minimum atomic E-state index is -3.58. The van der Waals surface area contributed by atoms with E-state index in [1.165, 1.54) is 11.3 Å². The van der Waals surface area contributed by atoms with Gasteiger partial charge in [0.1, 0.15) is 4.90 Å². The lowest BCUT2D eigenvalue weighted by atomic mass is 10.2. The number of thiophene rings is 1. The Kier molecular flexibility index (Phi) is 5.80. The molecule has 1 aromatic heterocycles. The molecule has 0 radical (unpaired) electrons. The van der Waals surface area contributed by atoms with E-state index in [1.807, 2.05) is 11.4 Å². The molecule has 0 unspecified atom stereocenters. The van der Waals surface area contributed by atoms with E-state index >= 15 is 0 Å². The summed E-state index contributed by atoms with van der Waals surface area (Å²) in [6, 6.07) is 7.12. The van der Waals surface area contributed by atoms with Crippen molar-refractivity contribution in [3.63, 3.8) is 0 Å². The standard InChI is InChI=1S/C14H17BrN2O2S2/c1-2-6-16-9-11-3-4-13(15)14(8-11)21(18,19)17-12-5-7-20-10-12/h3-5,7-8,10,16-17H,2,6,9H2,1H3. The molecule has 2 N–H and O–H groups in total. The van der Waals surface area contributed by atoms with E-state index in [0.717, 1.165) is 18.5 Å². The second-order valence-corrected chi connectivity index (χ2v) is 7.84. The summed E-state index contributed by atoms with van der Waals surface area (Å²) in [6.45, 7) is 3.66. The van der Waals surface area contributed by atoms with Crippen LogP contribution in [0.25, 0.3) is 0 Å². The molecular weight excluding hydrogens is 372 g/mol. The van der Waals surface area contributed by atoms with E-state index in [1.54, 1.807) is 23.6 Å². The number of rotatable bonds is 7. The van der Waals surface area contributed by atoms with Crippen LogP contribution in [-0.2, 0) is 16.6 Å². The van der Waals surface area contributed by atoms with Crippen LogP contribution in [0, 0.1) is 0 Å². The zero-order chi connectivity index (χ0) is 15.3. The molecule has 0 atom stereocenters. The Labute approximate surface area is 137 Å². The molecule has 0 saturated carbocycles. The molecule has 0 aliphatic carbocycles. The maximum absolute atomic E-state index is 12.4. The van der Waals surface area contributed by atoms with Crippen molar-refractivity contribution in [3.05, 3.63) is 45.1 Å². The van der Waals surface area contributed by atoms with Crippen LogP contribution in [0.1, 0.15) is 18.9 Å². The van der Waals surface area contributed by atoms with Gasteiger partial charge in [-0.25, -0.2) is 8.42 Å². The molecule has 0 saturated heterocycles. The van der Waals surface area contributed by atoms with E-state index in [0.29, 0.717) is 16.7 Å². The van der Waals surface area contributed by atoms with Crippen molar-refractivity contribution >= 4 is 43.0 Å². The van der Waals surface area contributed by atoms with Gasteiger partial charge >= 0.3 is 0 Å². The molecule has 0 amide bonds. The van der Waals surface area contributed by atoms with Gasteiger partial charge in [0.05, 0.1) is 5.69 Å². The van der Waals surface area contributed by atoms with Gasteiger partial charge in [-0.2, -0.15) is 11.3 Å². The van der Waals surface area contributed by atoms with Crippen molar-refractivity contribution in [2.45, 2.75) is 24.8 Å². The van der Waals surface area contributed by atoms with Gasteiger partial charge in [0.15, 0.2) is 0 Å². The highest BCUT2D eigenvalue weighted by molar-refractivity contribution is 9.10. The fourth-order valence-electron chi connectivity index (χ4n) is 1.81. The summed E-state index contributed by atoms with van der Waals surface area (Å²) in [5, 5.41) is 6.86. The molecular formula is C14H17BrN2O2S2. The van der Waals surface area contributed by atoms with Gasteiger partial charge in [0.2, 0.25) is 0 Å². The minimum absolute atomic E-state index is 0.254. The quantitative estimate of drug-likeness (QED) is 0.708. The summed E-state index contributed by atoms with van der Waals surface area (Å²) >= 11 is 4.76. The van der Waals surface area contributed by atoms with Crippen LogP contribution in [0.15, 0.2) is 44.4 Å². The average Bonchev–Trinajstić information content (AvgIpc) is 2.93. The molecule has 1 aromatic carbocycles. The molecule has 4 nitrogen and oxygen atoms in total. The van der Waals surface area contributed by atoms with Gasteiger partial charge in [-0.15, -0.1) is 0 Å². The Balaban J connectivity index is 2.22. The van der Waals surface area contributed by atoms with Gasteiger partial charge in [-0.3, -0.25) is 4.72 Å². The van der Waals surface area contributed by atoms with Crippen molar-refractivity contribution in [1.82, 2.24) is 5.32 Å². The average molecular weight is 389 g/mol. The molecule has 2 rings (SSSR count). The number of halogens is 1. The highest BCUT2D eigenvalue weighted by Gasteiger charge is 2.18. The molecule has 0 aliphatic heterocycles. The van der Waals surface area contributed by atoms with Gasteiger partial charge in [0.25, 0.3) is 10.0 Å². The molecule has 0 fully saturated rings. The zero-order valence-electron chi connectivity index (χ0n) is 11.6. The first kappa shape index (κ1) is 16.5. The molecule has 0 bridgehead atoms. The fourth-order valence-corrected chi connectivity index (χ4v) is 4.53. The largest absolute Gasteiger partial charge is 0.313 e. The lowest BCUT2D eigenvalue weighted by Crippen LogP contribution is -2.16. The highest BCUT2D eigenvalue weighted by Crippen LogP contribution is 2.26. The van der Waals surface area contributed by atoms with Crippen LogP contribution in [0.3, 0.4) is 0 Å². The Morgan fingerprint density at radius 2 is 2.10 bits per heavy atom. The molecule has 7 heteroatoms. The second-order valence-electron chi connectivity index (χ2n) is 4.56. The number of sulfonamides is 1. The van der Waals surface area contributed by atoms with Crippen LogP contribution in [0.5, 0.6) is 0 Å². The lowest BCUT2D eigenvalue weighted by Gasteiger charge is -2.11. The highest BCUT2D eigenvalue weighted by atomic mass is 79.9. The van der Waals surface area contributed by atoms with E-state index in [2.05, 4.69) is 32.9 Å². The van der Waals surface area contributed by atoms with E-state index in [-0.39, 0.29) is 4.90 Å². The Bertz CT molecular complexity index is 685. The maximum atomic E-state index is 12.4. The number of benzene rings is 1. The third kappa shape index (κ3) is 4.54. The Morgan fingerprint density at radius 3 is 2.76 bits per heavy atom. The van der Waals surface area contributed by atoms with Crippen LogP contribution in [0.2, 0.25) is 0 Å². The van der Waals surface area contributed by atoms with Gasteiger partial charge < -0.3 is 5.32 Å². The van der Waals surface area contributed by atoms with E-state index in [9.17, 15) is 8.42 Å². The topological polar surface area (TPSA) is 58.2 Å². The third-order valence-corrected chi connectivity index (χ3v) is 5.87. The molecule has 114 valence electrons. The van der Waals surface area contributed by atoms with Crippen molar-refractivity contribution in [1.29, 1.82) is 0 Å². The SMILES string of the molecule is CCCNCc1ccc(Br)c(S(=O)(=O)Nc2ccsc2)c1. The normalized spacial score (nSPS) is 11.5. The molecule has 21 heavy (non-hydrogen) atoms. The van der Waals surface area contributed by atoms with Crippen LogP contribution in [0.4, 0.5) is 5.69 Å². The predicted molar refractivity (Wildman–Crippen MR) is 91.3 cm³/mol. The number of nitrogens with one attached hydrogen (secondary N) is 2. The first-order valence-corrected chi connectivity index (χ1v) is 9.79. The number of anilines is 1. The van der Waals surface area contributed by atoms with Crippen LogP contribution >= 0.6 is 27.3 Å². The van der Waals surface area contributed by atoms with Crippen molar-refractivity contribution in [2.75, 3.05) is 11.3 Å². The lowest BCUT2D eigenvalue weighted by molar-refractivity contribution is 0.600. The number of hydrogen-bond acceptors (Lipinski definition) is 4. The smallest absolute Gasteiger partial charge is 0.263 e. The number of hydrogen-bond donors (Lipinski definition) is 2. The second kappa shape index (κ2) is 7.40. The summed E-state index contributed by atoms with van der Waals surface area (Å²) in [7, 11) is -3.58. The van der Waals surface area contributed by atoms with Crippen molar-refractivity contribution < 1.29 is 8.42 Å². The summed E-state index contributed by atoms with van der Waals surface area (Å²) in [5.41, 5.74) is 1.53. The molecule has 0 aliphatic rings. The first-order valence-electron chi connectivity index (χ1n) is 6.57. The van der Waals surface area contributed by atoms with Gasteiger partial charge in [-0.05, 0) is 58.0 Å². The third-order valence-electron chi connectivity index (χ3n) is 2.81. The Morgan fingerprint density at radius 1 is 1.29 bits per heavy atom. The van der Waals surface area contributed by atoms with Crippen molar-refractivity contribution in [2.24, 2.45) is 0 Å². The molecule has 0 spiro atoms. The molecule has 2 aromatic rings. The van der Waals surface area contributed by atoms with Gasteiger partial charge in [0, 0.05) is 16.4 Å². The van der Waals surface area contributed by atoms with E-state index in [4.69, 9.17) is 0 Å². The summed E-state index contributed by atoms with van der Waals surface area (Å²) in [5.74, 6) is 0. The predicted octanol–water partition coefficient (Wildman–Crippen LogP) is 3.81. The van der Waals surface area contributed by atoms with Crippen molar-refractivity contribution in [3.8, 4) is 0 Å². The monoisotopic (exact) mass is 388 g/mol. The van der Waals surface area contributed by atoms with Crippen LogP contribution in [-0.4, -0.2) is 15.0 Å². The van der Waals surface area contributed by atoms with Crippen LogP contribution < -0.4 is 10.0 Å². The minimum Gasteiger partial charge on any atom is -0.313 e. The Hall–Kier alpha value is -0.890. The fraction of sp³-hybridized carbons (Fsp3) is 0.286. The maximum Gasteiger partial charge on any atom is 0.263 e. The summed E-state index contributed by atoms with van der Waals surface area (Å²) in [6.07, 6.45) is 1.04. The zero-order valence-corrected chi connectivity index (χ0v) is 14.8. The first-order chi connectivity index (χ1) is 10.0. The molecule has 1 heterocycles. The van der Waals surface area contributed by atoms with Gasteiger partial charge in [-0.1, -0.05) is 13.0 Å².